The molecular formula is C19H22N4O. The normalized spacial score (nSPS) is 11.6. The predicted molar refractivity (Wildman–Crippen MR) is 97.2 cm³/mol. The van der Waals surface area contributed by atoms with Gasteiger partial charge in [-0.15, -0.1) is 0 Å². The van der Waals surface area contributed by atoms with Gasteiger partial charge in [0.25, 0.3) is 0 Å². The highest BCUT2D eigenvalue weighted by Gasteiger charge is 2.03. The molecule has 1 aromatic carbocycles. The van der Waals surface area contributed by atoms with Crippen molar-refractivity contribution in [3.8, 4) is 0 Å². The maximum Gasteiger partial charge on any atom is 0.191 e. The van der Waals surface area contributed by atoms with Crippen LogP contribution in [0.2, 0.25) is 0 Å². The SMILES string of the molecule is CN=C(NCCc1ccccn1)NCCc1cc2ccccc2o1. The zero-order valence-electron chi connectivity index (χ0n) is 13.8. The Balaban J connectivity index is 1.42. The molecule has 2 N–H and O–H groups in total. The maximum absolute atomic E-state index is 5.81. The van der Waals surface area contributed by atoms with Crippen LogP contribution in [0, 0.1) is 0 Å². The van der Waals surface area contributed by atoms with Gasteiger partial charge in [0, 0.05) is 50.3 Å². The number of para-hydroxylation sites is 1. The summed E-state index contributed by atoms with van der Waals surface area (Å²) >= 11 is 0. The summed E-state index contributed by atoms with van der Waals surface area (Å²) in [5.41, 5.74) is 2.01. The Morgan fingerprint density at radius 3 is 2.58 bits per heavy atom. The first kappa shape index (κ1) is 16.1. The number of benzene rings is 1. The second-order valence-corrected chi connectivity index (χ2v) is 5.50. The van der Waals surface area contributed by atoms with E-state index in [0.717, 1.165) is 54.3 Å². The summed E-state index contributed by atoms with van der Waals surface area (Å²) < 4.78 is 5.81. The summed E-state index contributed by atoms with van der Waals surface area (Å²) in [5.74, 6) is 1.77. The molecule has 0 atom stereocenters. The zero-order valence-corrected chi connectivity index (χ0v) is 13.8. The molecule has 2 aromatic heterocycles. The number of hydrogen-bond acceptors (Lipinski definition) is 3. The summed E-state index contributed by atoms with van der Waals surface area (Å²) in [7, 11) is 1.78. The molecule has 5 heteroatoms. The summed E-state index contributed by atoms with van der Waals surface area (Å²) in [6, 6.07) is 16.1. The summed E-state index contributed by atoms with van der Waals surface area (Å²) in [5, 5.41) is 7.75. The van der Waals surface area contributed by atoms with Crippen molar-refractivity contribution in [3.05, 3.63) is 66.2 Å². The Kier molecular flexibility index (Phi) is 5.45. The number of pyridine rings is 1. The van der Waals surface area contributed by atoms with Gasteiger partial charge in [0.15, 0.2) is 5.96 Å². The largest absolute Gasteiger partial charge is 0.461 e. The Labute approximate surface area is 141 Å². The molecule has 0 saturated carbocycles. The predicted octanol–water partition coefficient (Wildman–Crippen LogP) is 2.78. The quantitative estimate of drug-likeness (QED) is 0.541. The van der Waals surface area contributed by atoms with Crippen molar-refractivity contribution in [3.63, 3.8) is 0 Å². The third-order valence-corrected chi connectivity index (χ3v) is 3.76. The highest BCUT2D eigenvalue weighted by molar-refractivity contribution is 5.80. The molecule has 0 saturated heterocycles. The fourth-order valence-corrected chi connectivity index (χ4v) is 2.54. The average Bonchev–Trinajstić information content (AvgIpc) is 3.04. The standard InChI is InChI=1S/C19H22N4O/c1-20-19(22-12-9-16-7-4-5-11-21-16)23-13-10-17-14-15-6-2-3-8-18(15)24-17/h2-8,11,14H,9-10,12-13H2,1H3,(H2,20,22,23). The first-order valence-electron chi connectivity index (χ1n) is 8.17. The van der Waals surface area contributed by atoms with Gasteiger partial charge in [0.1, 0.15) is 11.3 Å². The van der Waals surface area contributed by atoms with Crippen molar-refractivity contribution in [1.82, 2.24) is 15.6 Å². The Morgan fingerprint density at radius 1 is 1.04 bits per heavy atom. The van der Waals surface area contributed by atoms with Gasteiger partial charge in [0.2, 0.25) is 0 Å². The van der Waals surface area contributed by atoms with Crippen LogP contribution in [-0.4, -0.2) is 31.1 Å². The first-order chi connectivity index (χ1) is 11.8. The van der Waals surface area contributed by atoms with Crippen LogP contribution in [-0.2, 0) is 12.8 Å². The number of nitrogens with zero attached hydrogens (tertiary/aromatic N) is 2. The minimum absolute atomic E-state index is 0.767. The van der Waals surface area contributed by atoms with Crippen LogP contribution in [0.25, 0.3) is 11.0 Å². The third kappa shape index (κ3) is 4.35. The van der Waals surface area contributed by atoms with Crippen LogP contribution < -0.4 is 10.6 Å². The van der Waals surface area contributed by atoms with Crippen LogP contribution in [0.5, 0.6) is 0 Å². The molecule has 0 fully saturated rings. The molecule has 0 aliphatic heterocycles. The number of aliphatic imine (C=N–C) groups is 1. The molecule has 124 valence electrons. The van der Waals surface area contributed by atoms with Crippen molar-refractivity contribution in [2.24, 2.45) is 4.99 Å². The van der Waals surface area contributed by atoms with Crippen LogP contribution in [0.4, 0.5) is 0 Å². The van der Waals surface area contributed by atoms with Crippen molar-refractivity contribution in [2.45, 2.75) is 12.8 Å². The third-order valence-electron chi connectivity index (χ3n) is 3.76. The topological polar surface area (TPSA) is 62.5 Å². The molecule has 0 bridgehead atoms. The number of aromatic nitrogens is 1. The van der Waals surface area contributed by atoms with Gasteiger partial charge in [-0.2, -0.15) is 0 Å². The number of guanidine groups is 1. The molecule has 0 amide bonds. The molecular weight excluding hydrogens is 300 g/mol. The fourth-order valence-electron chi connectivity index (χ4n) is 2.54. The Bertz CT molecular complexity index is 762. The molecule has 0 radical (unpaired) electrons. The van der Waals surface area contributed by atoms with E-state index in [2.05, 4.69) is 32.7 Å². The number of furan rings is 1. The van der Waals surface area contributed by atoms with Gasteiger partial charge in [-0.3, -0.25) is 9.98 Å². The molecule has 0 unspecified atom stereocenters. The molecule has 24 heavy (non-hydrogen) atoms. The van der Waals surface area contributed by atoms with E-state index in [1.807, 2.05) is 42.6 Å². The van der Waals surface area contributed by atoms with E-state index in [9.17, 15) is 0 Å². The van der Waals surface area contributed by atoms with Crippen LogP contribution >= 0.6 is 0 Å². The van der Waals surface area contributed by atoms with Gasteiger partial charge in [-0.25, -0.2) is 0 Å². The smallest absolute Gasteiger partial charge is 0.191 e. The average molecular weight is 322 g/mol. The fraction of sp³-hybridized carbons (Fsp3) is 0.263. The number of rotatable bonds is 6. The first-order valence-corrected chi connectivity index (χ1v) is 8.17. The van der Waals surface area contributed by atoms with Crippen molar-refractivity contribution in [2.75, 3.05) is 20.1 Å². The van der Waals surface area contributed by atoms with E-state index < -0.39 is 0 Å². The van der Waals surface area contributed by atoms with E-state index >= 15 is 0 Å². The lowest BCUT2D eigenvalue weighted by molar-refractivity contribution is 0.544. The molecule has 0 spiro atoms. The minimum atomic E-state index is 0.767. The molecule has 3 aromatic rings. The monoisotopic (exact) mass is 322 g/mol. The number of fused-ring (bicyclic) bond motifs is 1. The van der Waals surface area contributed by atoms with E-state index in [-0.39, 0.29) is 0 Å². The zero-order chi connectivity index (χ0) is 16.6. The van der Waals surface area contributed by atoms with Crippen molar-refractivity contribution < 1.29 is 4.42 Å². The number of nitrogens with one attached hydrogen (secondary N) is 2. The van der Waals surface area contributed by atoms with Crippen LogP contribution in [0.3, 0.4) is 0 Å². The highest BCUT2D eigenvalue weighted by Crippen LogP contribution is 2.18. The van der Waals surface area contributed by atoms with Gasteiger partial charge in [-0.05, 0) is 24.3 Å². The molecule has 2 heterocycles. The molecule has 3 rings (SSSR count). The summed E-state index contributed by atoms with van der Waals surface area (Å²) in [6.07, 6.45) is 3.50. The maximum atomic E-state index is 5.81. The Morgan fingerprint density at radius 2 is 1.83 bits per heavy atom. The van der Waals surface area contributed by atoms with E-state index in [1.165, 1.54) is 0 Å². The Hall–Kier alpha value is -2.82. The minimum Gasteiger partial charge on any atom is -0.461 e. The van der Waals surface area contributed by atoms with Gasteiger partial charge >= 0.3 is 0 Å². The lowest BCUT2D eigenvalue weighted by Crippen LogP contribution is -2.39. The van der Waals surface area contributed by atoms with Gasteiger partial charge in [-0.1, -0.05) is 24.3 Å². The van der Waals surface area contributed by atoms with Crippen molar-refractivity contribution in [1.29, 1.82) is 0 Å². The molecule has 0 aliphatic carbocycles. The molecule has 5 nitrogen and oxygen atoms in total. The van der Waals surface area contributed by atoms with E-state index in [4.69, 9.17) is 4.42 Å². The van der Waals surface area contributed by atoms with Gasteiger partial charge < -0.3 is 15.1 Å². The van der Waals surface area contributed by atoms with Crippen molar-refractivity contribution >= 4 is 16.9 Å². The highest BCUT2D eigenvalue weighted by atomic mass is 16.3. The van der Waals surface area contributed by atoms with E-state index in [1.54, 1.807) is 7.05 Å². The lowest BCUT2D eigenvalue weighted by Gasteiger charge is -2.11. The lowest BCUT2D eigenvalue weighted by atomic mass is 10.2. The van der Waals surface area contributed by atoms with Crippen LogP contribution in [0.15, 0.2) is 64.1 Å². The summed E-state index contributed by atoms with van der Waals surface area (Å²) in [4.78, 5) is 8.55. The van der Waals surface area contributed by atoms with E-state index in [0.29, 0.717) is 0 Å². The number of hydrogen-bond donors (Lipinski definition) is 2. The van der Waals surface area contributed by atoms with Crippen LogP contribution in [0.1, 0.15) is 11.5 Å². The second kappa shape index (κ2) is 8.15. The summed E-state index contributed by atoms with van der Waals surface area (Å²) in [6.45, 7) is 1.56. The molecule has 0 aliphatic rings. The second-order valence-electron chi connectivity index (χ2n) is 5.50. The van der Waals surface area contributed by atoms with Gasteiger partial charge in [0.05, 0.1) is 0 Å².